The molecule has 1 aromatic carbocycles. The van der Waals surface area contributed by atoms with Gasteiger partial charge in [0.15, 0.2) is 0 Å². The first-order valence-corrected chi connectivity index (χ1v) is 9.59. The number of nitrogens with one attached hydrogen (secondary N) is 1. The number of rotatable bonds is 6. The van der Waals surface area contributed by atoms with E-state index in [2.05, 4.69) is 29.6 Å². The summed E-state index contributed by atoms with van der Waals surface area (Å²) in [4.78, 5) is 14.6. The van der Waals surface area contributed by atoms with Crippen LogP contribution in [0.4, 0.5) is 0 Å². The standard InChI is InChI=1S/C20H25NO2S/c1-23-17-9-7-15(8-10-17)19-13-11-18(24-19)12-14-20(22)21-16-5-3-2-4-6-16/h7-11,13,16H,2-6,12,14H2,1H3,(H,21,22). The zero-order chi connectivity index (χ0) is 16.8. The molecule has 1 amide bonds. The number of ether oxygens (including phenoxy) is 1. The van der Waals surface area contributed by atoms with E-state index in [1.807, 2.05) is 12.1 Å². The van der Waals surface area contributed by atoms with Crippen molar-refractivity contribution >= 4 is 17.2 Å². The average molecular weight is 343 g/mol. The van der Waals surface area contributed by atoms with Crippen molar-refractivity contribution in [3.05, 3.63) is 41.3 Å². The van der Waals surface area contributed by atoms with Gasteiger partial charge in [0.1, 0.15) is 5.75 Å². The smallest absolute Gasteiger partial charge is 0.220 e. The fourth-order valence-corrected chi connectivity index (χ4v) is 4.22. The first kappa shape index (κ1) is 17.0. The Balaban J connectivity index is 1.50. The molecule has 0 radical (unpaired) electrons. The highest BCUT2D eigenvalue weighted by Crippen LogP contribution is 2.30. The molecule has 1 aliphatic carbocycles. The summed E-state index contributed by atoms with van der Waals surface area (Å²) in [6, 6.07) is 12.8. The summed E-state index contributed by atoms with van der Waals surface area (Å²) < 4.78 is 5.20. The van der Waals surface area contributed by atoms with Crippen molar-refractivity contribution in [3.8, 4) is 16.2 Å². The molecule has 0 bridgehead atoms. The van der Waals surface area contributed by atoms with Gasteiger partial charge in [0.2, 0.25) is 5.91 Å². The third-order valence-electron chi connectivity index (χ3n) is 4.60. The number of carbonyl (C=O) groups is 1. The Morgan fingerprint density at radius 1 is 1.12 bits per heavy atom. The number of aryl methyl sites for hydroxylation is 1. The summed E-state index contributed by atoms with van der Waals surface area (Å²) in [6.45, 7) is 0. The molecule has 1 heterocycles. The van der Waals surface area contributed by atoms with Crippen molar-refractivity contribution in [1.82, 2.24) is 5.32 Å². The van der Waals surface area contributed by atoms with Crippen LogP contribution in [-0.2, 0) is 11.2 Å². The lowest BCUT2D eigenvalue weighted by Gasteiger charge is -2.22. The molecule has 0 atom stereocenters. The van der Waals surface area contributed by atoms with E-state index in [0.29, 0.717) is 12.5 Å². The van der Waals surface area contributed by atoms with E-state index >= 15 is 0 Å². The number of carbonyl (C=O) groups excluding carboxylic acids is 1. The number of methoxy groups -OCH3 is 1. The quantitative estimate of drug-likeness (QED) is 0.818. The molecular weight excluding hydrogens is 318 g/mol. The van der Waals surface area contributed by atoms with E-state index in [0.717, 1.165) is 25.0 Å². The van der Waals surface area contributed by atoms with Crippen molar-refractivity contribution in [1.29, 1.82) is 0 Å². The van der Waals surface area contributed by atoms with Gasteiger partial charge in [-0.3, -0.25) is 4.79 Å². The molecule has 1 aromatic heterocycles. The normalized spacial score (nSPS) is 15.2. The first-order chi connectivity index (χ1) is 11.7. The molecular formula is C20H25NO2S. The Morgan fingerprint density at radius 2 is 1.88 bits per heavy atom. The van der Waals surface area contributed by atoms with Crippen molar-refractivity contribution < 1.29 is 9.53 Å². The summed E-state index contributed by atoms with van der Waals surface area (Å²) >= 11 is 1.77. The topological polar surface area (TPSA) is 38.3 Å². The van der Waals surface area contributed by atoms with Crippen LogP contribution in [-0.4, -0.2) is 19.1 Å². The summed E-state index contributed by atoms with van der Waals surface area (Å²) in [5.74, 6) is 1.07. The molecule has 128 valence electrons. The Hall–Kier alpha value is -1.81. The second kappa shape index (κ2) is 8.34. The zero-order valence-electron chi connectivity index (χ0n) is 14.2. The number of amides is 1. The summed E-state index contributed by atoms with van der Waals surface area (Å²) in [5, 5.41) is 3.19. The molecule has 0 unspecified atom stereocenters. The minimum atomic E-state index is 0.196. The lowest BCUT2D eigenvalue weighted by Crippen LogP contribution is -2.36. The Labute approximate surface area is 148 Å². The van der Waals surface area contributed by atoms with Crippen molar-refractivity contribution in [2.24, 2.45) is 0 Å². The predicted octanol–water partition coefficient (Wildman–Crippen LogP) is 4.81. The highest BCUT2D eigenvalue weighted by molar-refractivity contribution is 7.15. The van der Waals surface area contributed by atoms with Gasteiger partial charge in [-0.25, -0.2) is 0 Å². The fourth-order valence-electron chi connectivity index (χ4n) is 3.21. The monoisotopic (exact) mass is 343 g/mol. The van der Waals surface area contributed by atoms with Crippen molar-refractivity contribution in [2.45, 2.75) is 51.0 Å². The van der Waals surface area contributed by atoms with Crippen LogP contribution in [0, 0.1) is 0 Å². The van der Waals surface area contributed by atoms with E-state index in [1.165, 1.54) is 34.6 Å². The van der Waals surface area contributed by atoms with Gasteiger partial charge in [0.05, 0.1) is 7.11 Å². The highest BCUT2D eigenvalue weighted by Gasteiger charge is 2.15. The van der Waals surface area contributed by atoms with Gasteiger partial charge >= 0.3 is 0 Å². The largest absolute Gasteiger partial charge is 0.497 e. The third kappa shape index (κ3) is 4.60. The molecule has 1 N–H and O–H groups in total. The summed E-state index contributed by atoms with van der Waals surface area (Å²) in [6.07, 6.45) is 7.51. The third-order valence-corrected chi connectivity index (χ3v) is 5.80. The molecule has 4 heteroatoms. The summed E-state index contributed by atoms with van der Waals surface area (Å²) in [7, 11) is 1.68. The number of hydrogen-bond acceptors (Lipinski definition) is 3. The molecule has 1 fully saturated rings. The van der Waals surface area contributed by atoms with Gasteiger partial charge in [-0.15, -0.1) is 11.3 Å². The van der Waals surface area contributed by atoms with E-state index in [9.17, 15) is 4.79 Å². The van der Waals surface area contributed by atoms with Gasteiger partial charge in [0.25, 0.3) is 0 Å². The van der Waals surface area contributed by atoms with Gasteiger partial charge in [-0.2, -0.15) is 0 Å². The highest BCUT2D eigenvalue weighted by atomic mass is 32.1. The zero-order valence-corrected chi connectivity index (χ0v) is 15.0. The molecule has 1 aliphatic rings. The van der Waals surface area contributed by atoms with Crippen LogP contribution in [0.5, 0.6) is 5.75 Å². The molecule has 0 spiro atoms. The molecule has 1 saturated carbocycles. The number of benzene rings is 1. The molecule has 0 saturated heterocycles. The second-order valence-electron chi connectivity index (χ2n) is 6.40. The SMILES string of the molecule is COc1ccc(-c2ccc(CCC(=O)NC3CCCCC3)s2)cc1. The van der Waals surface area contributed by atoms with Gasteiger partial charge in [-0.05, 0) is 61.2 Å². The Bertz CT molecular complexity index is 657. The average Bonchev–Trinajstić information content (AvgIpc) is 3.10. The molecule has 3 rings (SSSR count). The van der Waals surface area contributed by atoms with Gasteiger partial charge in [-0.1, -0.05) is 19.3 Å². The molecule has 24 heavy (non-hydrogen) atoms. The number of hydrogen-bond donors (Lipinski definition) is 1. The Morgan fingerprint density at radius 3 is 2.58 bits per heavy atom. The Kier molecular flexibility index (Phi) is 5.91. The van der Waals surface area contributed by atoms with E-state index in [4.69, 9.17) is 4.74 Å². The number of thiophene rings is 1. The first-order valence-electron chi connectivity index (χ1n) is 8.77. The second-order valence-corrected chi connectivity index (χ2v) is 7.57. The van der Waals surface area contributed by atoms with Crippen LogP contribution >= 0.6 is 11.3 Å². The maximum atomic E-state index is 12.1. The molecule has 3 nitrogen and oxygen atoms in total. The van der Waals surface area contributed by atoms with Crippen molar-refractivity contribution in [2.75, 3.05) is 7.11 Å². The van der Waals surface area contributed by atoms with Crippen LogP contribution in [0.1, 0.15) is 43.4 Å². The van der Waals surface area contributed by atoms with E-state index in [1.54, 1.807) is 18.4 Å². The maximum Gasteiger partial charge on any atom is 0.220 e. The fraction of sp³-hybridized carbons (Fsp3) is 0.450. The van der Waals surface area contributed by atoms with Gasteiger partial charge in [0, 0.05) is 22.2 Å². The van der Waals surface area contributed by atoms with Crippen LogP contribution in [0.3, 0.4) is 0 Å². The lowest BCUT2D eigenvalue weighted by molar-refractivity contribution is -0.121. The van der Waals surface area contributed by atoms with E-state index in [-0.39, 0.29) is 5.91 Å². The van der Waals surface area contributed by atoms with Gasteiger partial charge < -0.3 is 10.1 Å². The minimum absolute atomic E-state index is 0.196. The lowest BCUT2D eigenvalue weighted by atomic mass is 9.95. The minimum Gasteiger partial charge on any atom is -0.497 e. The van der Waals surface area contributed by atoms with Crippen molar-refractivity contribution in [3.63, 3.8) is 0 Å². The molecule has 2 aromatic rings. The van der Waals surface area contributed by atoms with Crippen LogP contribution < -0.4 is 10.1 Å². The van der Waals surface area contributed by atoms with Crippen LogP contribution in [0.15, 0.2) is 36.4 Å². The summed E-state index contributed by atoms with van der Waals surface area (Å²) in [5.41, 5.74) is 1.19. The maximum absolute atomic E-state index is 12.1. The molecule has 0 aliphatic heterocycles. The van der Waals surface area contributed by atoms with Crippen LogP contribution in [0.25, 0.3) is 10.4 Å². The predicted molar refractivity (Wildman–Crippen MR) is 99.6 cm³/mol. The van der Waals surface area contributed by atoms with E-state index < -0.39 is 0 Å². The van der Waals surface area contributed by atoms with Crippen LogP contribution in [0.2, 0.25) is 0 Å².